The van der Waals surface area contributed by atoms with Crippen LogP contribution in [0.5, 0.6) is 5.75 Å². The Morgan fingerprint density at radius 2 is 2.07 bits per heavy atom. The Labute approximate surface area is 176 Å². The molecular weight excluding hydrogens is 412 g/mol. The standard InChI is InChI=1S/C20H20N2O7S/c1-11(23)29-9-13-10-30-19-16(18(25)22(19)17(13)20(26)27)21-15(24)8-7-12-5-3-4-6-14(12)28-2/h3-8,16,19H,9-10H2,1-2H3,(H,21,24)(H,26,27)/b8-7+/t16-,19+/m0/s1. The summed E-state index contributed by atoms with van der Waals surface area (Å²) in [6, 6.07) is 6.32. The number of rotatable bonds is 7. The molecule has 0 spiro atoms. The Kier molecular flexibility index (Phi) is 6.46. The van der Waals surface area contributed by atoms with Crippen LogP contribution in [0.3, 0.4) is 0 Å². The lowest BCUT2D eigenvalue weighted by Gasteiger charge is -2.49. The van der Waals surface area contributed by atoms with E-state index in [2.05, 4.69) is 5.32 Å². The molecule has 1 saturated heterocycles. The third-order valence-corrected chi connectivity index (χ3v) is 5.89. The fourth-order valence-electron chi connectivity index (χ4n) is 3.15. The predicted molar refractivity (Wildman–Crippen MR) is 108 cm³/mol. The molecule has 0 bridgehead atoms. The maximum absolute atomic E-state index is 12.6. The Hall–Kier alpha value is -3.27. The molecule has 158 valence electrons. The Balaban J connectivity index is 1.69. The summed E-state index contributed by atoms with van der Waals surface area (Å²) < 4.78 is 10.1. The second-order valence-electron chi connectivity index (χ2n) is 6.51. The van der Waals surface area contributed by atoms with Gasteiger partial charge in [0.2, 0.25) is 5.91 Å². The summed E-state index contributed by atoms with van der Waals surface area (Å²) in [7, 11) is 1.53. The van der Waals surface area contributed by atoms with Crippen molar-refractivity contribution in [3.8, 4) is 5.75 Å². The molecule has 0 aliphatic carbocycles. The van der Waals surface area contributed by atoms with E-state index < -0.39 is 35.2 Å². The Morgan fingerprint density at radius 1 is 1.33 bits per heavy atom. The number of benzene rings is 1. The van der Waals surface area contributed by atoms with Gasteiger partial charge in [-0.05, 0) is 12.1 Å². The van der Waals surface area contributed by atoms with Crippen LogP contribution < -0.4 is 10.1 Å². The number of carboxylic acids is 1. The van der Waals surface area contributed by atoms with Gasteiger partial charge in [-0.25, -0.2) is 4.79 Å². The number of amides is 2. The number of ether oxygens (including phenoxy) is 2. The minimum Gasteiger partial charge on any atom is -0.496 e. The van der Waals surface area contributed by atoms with Gasteiger partial charge >= 0.3 is 11.9 Å². The third kappa shape index (κ3) is 4.33. The second kappa shape index (κ2) is 9.04. The summed E-state index contributed by atoms with van der Waals surface area (Å²) in [6.45, 7) is 1.03. The van der Waals surface area contributed by atoms with E-state index in [1.165, 1.54) is 31.9 Å². The fourth-order valence-corrected chi connectivity index (χ4v) is 4.48. The van der Waals surface area contributed by atoms with Crippen molar-refractivity contribution in [2.75, 3.05) is 19.5 Å². The van der Waals surface area contributed by atoms with E-state index in [0.717, 1.165) is 4.90 Å². The fraction of sp³-hybridized carbons (Fsp3) is 0.300. The Morgan fingerprint density at radius 3 is 2.73 bits per heavy atom. The van der Waals surface area contributed by atoms with Crippen molar-refractivity contribution in [2.45, 2.75) is 18.3 Å². The molecule has 2 amide bonds. The van der Waals surface area contributed by atoms with Crippen LogP contribution in [0, 0.1) is 0 Å². The van der Waals surface area contributed by atoms with Gasteiger partial charge < -0.3 is 19.9 Å². The summed E-state index contributed by atoms with van der Waals surface area (Å²) in [5.74, 6) is -1.95. The molecule has 2 N–H and O–H groups in total. The van der Waals surface area contributed by atoms with Gasteiger partial charge in [-0.2, -0.15) is 0 Å². The molecule has 0 aromatic heterocycles. The van der Waals surface area contributed by atoms with Crippen LogP contribution in [-0.4, -0.2) is 64.6 Å². The van der Waals surface area contributed by atoms with Gasteiger partial charge in [0, 0.05) is 29.9 Å². The van der Waals surface area contributed by atoms with Crippen LogP contribution >= 0.6 is 11.8 Å². The van der Waals surface area contributed by atoms with E-state index in [0.29, 0.717) is 16.9 Å². The van der Waals surface area contributed by atoms with Gasteiger partial charge in [-0.3, -0.25) is 19.3 Å². The number of nitrogens with zero attached hydrogens (tertiary/aromatic N) is 1. The summed E-state index contributed by atoms with van der Waals surface area (Å²) in [6.07, 6.45) is 2.87. The molecule has 1 fully saturated rings. The zero-order valence-corrected chi connectivity index (χ0v) is 17.1. The van der Waals surface area contributed by atoms with Crippen molar-refractivity contribution in [3.05, 3.63) is 47.2 Å². The van der Waals surface area contributed by atoms with Gasteiger partial charge in [0.25, 0.3) is 5.91 Å². The van der Waals surface area contributed by atoms with Crippen LogP contribution in [0.2, 0.25) is 0 Å². The quantitative estimate of drug-likeness (QED) is 0.372. The molecule has 0 unspecified atom stereocenters. The highest BCUT2D eigenvalue weighted by molar-refractivity contribution is 8.00. The van der Waals surface area contributed by atoms with E-state index >= 15 is 0 Å². The van der Waals surface area contributed by atoms with Gasteiger partial charge in [0.05, 0.1) is 7.11 Å². The number of esters is 1. The van der Waals surface area contributed by atoms with Gasteiger partial charge in [-0.15, -0.1) is 11.8 Å². The highest BCUT2D eigenvalue weighted by Gasteiger charge is 2.54. The van der Waals surface area contributed by atoms with Crippen LogP contribution in [0.15, 0.2) is 41.6 Å². The average molecular weight is 432 g/mol. The Bertz CT molecular complexity index is 956. The number of fused-ring (bicyclic) bond motifs is 1. The zero-order chi connectivity index (χ0) is 21.8. The van der Waals surface area contributed by atoms with Crippen molar-refractivity contribution in [2.24, 2.45) is 0 Å². The smallest absolute Gasteiger partial charge is 0.352 e. The van der Waals surface area contributed by atoms with E-state index in [1.807, 2.05) is 0 Å². The number of nitrogens with one attached hydrogen (secondary N) is 1. The summed E-state index contributed by atoms with van der Waals surface area (Å²) in [4.78, 5) is 48.7. The van der Waals surface area contributed by atoms with Crippen molar-refractivity contribution in [1.82, 2.24) is 10.2 Å². The largest absolute Gasteiger partial charge is 0.496 e. The number of carbonyl (C=O) groups excluding carboxylic acids is 3. The SMILES string of the molecule is COc1ccccc1/C=C/C(=O)N[C@H]1C(=O)N2C(C(=O)O)=C(COC(C)=O)CS[C@H]12. The second-order valence-corrected chi connectivity index (χ2v) is 7.61. The molecule has 3 rings (SSSR count). The maximum atomic E-state index is 12.6. The first-order chi connectivity index (χ1) is 14.3. The molecule has 2 aliphatic heterocycles. The van der Waals surface area contributed by atoms with Crippen molar-refractivity contribution >= 4 is 41.6 Å². The van der Waals surface area contributed by atoms with Crippen molar-refractivity contribution < 1.29 is 33.8 Å². The average Bonchev–Trinajstić information content (AvgIpc) is 2.73. The highest BCUT2D eigenvalue weighted by Crippen LogP contribution is 2.40. The lowest BCUT2D eigenvalue weighted by molar-refractivity contribution is -0.150. The third-order valence-electron chi connectivity index (χ3n) is 4.55. The molecule has 1 aromatic carbocycles. The highest BCUT2D eigenvalue weighted by atomic mass is 32.2. The van der Waals surface area contributed by atoms with Crippen LogP contribution in [0.1, 0.15) is 12.5 Å². The number of methoxy groups -OCH3 is 1. The lowest BCUT2D eigenvalue weighted by Crippen LogP contribution is -2.70. The van der Waals surface area contributed by atoms with E-state index in [-0.39, 0.29) is 18.1 Å². The minimum atomic E-state index is -1.28. The molecule has 0 radical (unpaired) electrons. The number of carbonyl (C=O) groups is 4. The topological polar surface area (TPSA) is 122 Å². The van der Waals surface area contributed by atoms with E-state index in [4.69, 9.17) is 9.47 Å². The first-order valence-corrected chi connectivity index (χ1v) is 10.0. The summed E-state index contributed by atoms with van der Waals surface area (Å²) in [5.41, 5.74) is 0.850. The summed E-state index contributed by atoms with van der Waals surface area (Å²) in [5, 5.41) is 11.6. The van der Waals surface area contributed by atoms with Gasteiger partial charge in [0.15, 0.2) is 0 Å². The zero-order valence-electron chi connectivity index (χ0n) is 16.3. The van der Waals surface area contributed by atoms with Crippen LogP contribution in [0.25, 0.3) is 6.08 Å². The predicted octanol–water partition coefficient (Wildman–Crippen LogP) is 1.01. The van der Waals surface area contributed by atoms with Crippen molar-refractivity contribution in [3.63, 3.8) is 0 Å². The molecule has 2 heterocycles. The molecular formula is C20H20N2O7S. The number of thioether (sulfide) groups is 1. The van der Waals surface area contributed by atoms with Gasteiger partial charge in [0.1, 0.15) is 29.5 Å². The molecule has 9 nitrogen and oxygen atoms in total. The molecule has 10 heteroatoms. The summed E-state index contributed by atoms with van der Waals surface area (Å²) >= 11 is 1.30. The number of β-lactam (4-membered cyclic amide) rings is 1. The van der Waals surface area contributed by atoms with Gasteiger partial charge in [-0.1, -0.05) is 18.2 Å². The molecule has 30 heavy (non-hydrogen) atoms. The first kappa shape index (κ1) is 21.4. The monoisotopic (exact) mass is 432 g/mol. The maximum Gasteiger partial charge on any atom is 0.352 e. The first-order valence-electron chi connectivity index (χ1n) is 8.98. The van der Waals surface area contributed by atoms with E-state index in [9.17, 15) is 24.3 Å². The van der Waals surface area contributed by atoms with Crippen LogP contribution in [-0.2, 0) is 23.9 Å². The lowest BCUT2D eigenvalue weighted by atomic mass is 10.0. The molecule has 1 aromatic rings. The minimum absolute atomic E-state index is 0.194. The number of hydrogen-bond acceptors (Lipinski definition) is 7. The molecule has 2 atom stereocenters. The number of para-hydroxylation sites is 1. The number of carboxylic acid groups (broad SMARTS) is 1. The molecule has 2 aliphatic rings. The number of aliphatic carboxylic acids is 1. The van der Waals surface area contributed by atoms with Crippen LogP contribution in [0.4, 0.5) is 0 Å². The van der Waals surface area contributed by atoms with E-state index in [1.54, 1.807) is 30.3 Å². The number of hydrogen-bond donors (Lipinski definition) is 2. The molecule has 0 saturated carbocycles. The normalized spacial score (nSPS) is 20.5. The van der Waals surface area contributed by atoms with Crippen molar-refractivity contribution in [1.29, 1.82) is 0 Å².